The quantitative estimate of drug-likeness (QED) is 0.741. The van der Waals surface area contributed by atoms with E-state index in [2.05, 4.69) is 19.8 Å². The van der Waals surface area contributed by atoms with E-state index in [-0.39, 0.29) is 10.3 Å². The molecule has 0 aliphatic carbocycles. The second-order valence-electron chi connectivity index (χ2n) is 5.41. The normalized spacial score (nSPS) is 12.8. The van der Waals surface area contributed by atoms with E-state index in [4.69, 9.17) is 0 Å². The molecule has 2 rings (SSSR count). The van der Waals surface area contributed by atoms with E-state index in [9.17, 15) is 13.2 Å². The fourth-order valence-electron chi connectivity index (χ4n) is 2.29. The maximum Gasteiger partial charge on any atom is 0.406 e. The number of hydrogen-bond acceptors (Lipinski definition) is 7. The van der Waals surface area contributed by atoms with E-state index >= 15 is 0 Å². The largest absolute Gasteiger partial charge is 0.453 e. The summed E-state index contributed by atoms with van der Waals surface area (Å²) >= 11 is 2.68. The first-order chi connectivity index (χ1) is 11.7. The van der Waals surface area contributed by atoms with Gasteiger partial charge >= 0.3 is 6.09 Å². The van der Waals surface area contributed by atoms with Crippen LogP contribution in [0.15, 0.2) is 16.3 Å². The third-order valence-electron chi connectivity index (χ3n) is 3.39. The molecule has 0 saturated carbocycles. The Hall–Kier alpha value is -1.49. The Morgan fingerprint density at radius 3 is 2.64 bits per heavy atom. The zero-order valence-corrected chi connectivity index (χ0v) is 16.9. The van der Waals surface area contributed by atoms with Crippen LogP contribution in [0.1, 0.15) is 33.4 Å². The van der Waals surface area contributed by atoms with Crippen molar-refractivity contribution in [1.29, 1.82) is 0 Å². The molecule has 1 unspecified atom stereocenters. The number of ether oxygens (including phenoxy) is 1. The number of carbonyl (C=O) groups is 1. The van der Waals surface area contributed by atoms with Gasteiger partial charge in [0, 0.05) is 16.3 Å². The molecule has 2 aromatic heterocycles. The number of carbonyl (C=O) groups excluding carboxylic acids is 1. The van der Waals surface area contributed by atoms with Crippen LogP contribution < -0.4 is 10.0 Å². The van der Waals surface area contributed by atoms with Gasteiger partial charge in [0.25, 0.3) is 10.0 Å². The standard InChI is InChI=1S/C15H21N3O4S3/c1-9-14(23-11(3)17-9)10(2)18-25(20,21)13-6-5-12(24-13)7-8-16-15(19)22-4/h5-6,10,18H,7-8H2,1-4H3,(H,16,19). The summed E-state index contributed by atoms with van der Waals surface area (Å²) in [6.45, 7) is 5.97. The monoisotopic (exact) mass is 403 g/mol. The minimum atomic E-state index is -3.60. The molecule has 2 N–H and O–H groups in total. The minimum absolute atomic E-state index is 0.256. The van der Waals surface area contributed by atoms with Crippen molar-refractivity contribution in [2.75, 3.05) is 13.7 Å². The maximum atomic E-state index is 12.6. The number of nitrogens with one attached hydrogen (secondary N) is 2. The van der Waals surface area contributed by atoms with Gasteiger partial charge in [-0.1, -0.05) is 0 Å². The number of amides is 1. The van der Waals surface area contributed by atoms with Gasteiger partial charge in [0.1, 0.15) is 4.21 Å². The Bertz CT molecular complexity index is 842. The third-order valence-corrected chi connectivity index (χ3v) is 7.83. The minimum Gasteiger partial charge on any atom is -0.453 e. The van der Waals surface area contributed by atoms with Crippen LogP contribution in [0.25, 0.3) is 0 Å². The van der Waals surface area contributed by atoms with Gasteiger partial charge in [0.2, 0.25) is 0 Å². The molecule has 7 nitrogen and oxygen atoms in total. The molecule has 0 bridgehead atoms. The highest BCUT2D eigenvalue weighted by Gasteiger charge is 2.22. The van der Waals surface area contributed by atoms with E-state index in [1.807, 2.05) is 20.8 Å². The van der Waals surface area contributed by atoms with Gasteiger partial charge in [0.15, 0.2) is 0 Å². The average Bonchev–Trinajstić information content (AvgIpc) is 3.13. The smallest absolute Gasteiger partial charge is 0.406 e. The molecule has 1 amide bonds. The van der Waals surface area contributed by atoms with E-state index in [0.717, 1.165) is 20.5 Å². The van der Waals surface area contributed by atoms with Crippen LogP contribution in [-0.2, 0) is 21.2 Å². The van der Waals surface area contributed by atoms with Crippen molar-refractivity contribution in [3.05, 3.63) is 32.6 Å². The summed E-state index contributed by atoms with van der Waals surface area (Å²) in [6, 6.07) is 2.99. The number of rotatable bonds is 7. The number of thiophene rings is 1. The molecule has 0 aliphatic rings. The number of aromatic nitrogens is 1. The topological polar surface area (TPSA) is 97.4 Å². The first kappa shape index (κ1) is 19.8. The van der Waals surface area contributed by atoms with Crippen molar-refractivity contribution < 1.29 is 17.9 Å². The lowest BCUT2D eigenvalue weighted by Crippen LogP contribution is -2.26. The summed E-state index contributed by atoms with van der Waals surface area (Å²) in [5, 5.41) is 3.48. The summed E-state index contributed by atoms with van der Waals surface area (Å²) in [5.74, 6) is 0. The van der Waals surface area contributed by atoms with Gasteiger partial charge in [-0.2, -0.15) is 0 Å². The predicted octanol–water partition coefficient (Wildman–Crippen LogP) is 2.76. The van der Waals surface area contributed by atoms with Gasteiger partial charge in [-0.05, 0) is 39.3 Å². The molecule has 0 aromatic carbocycles. The molecule has 138 valence electrons. The number of alkyl carbamates (subject to hydrolysis) is 1. The van der Waals surface area contributed by atoms with Crippen molar-refractivity contribution >= 4 is 38.8 Å². The fraction of sp³-hybridized carbons (Fsp3) is 0.467. The Labute approximate surface area is 155 Å². The summed E-state index contributed by atoms with van der Waals surface area (Å²) in [4.78, 5) is 17.1. The fourth-order valence-corrected chi connectivity index (χ4v) is 5.88. The first-order valence-electron chi connectivity index (χ1n) is 7.59. The SMILES string of the molecule is COC(=O)NCCc1ccc(S(=O)(=O)NC(C)c2sc(C)nc2C)s1. The van der Waals surface area contributed by atoms with Crippen LogP contribution >= 0.6 is 22.7 Å². The lowest BCUT2D eigenvalue weighted by molar-refractivity contribution is 0.171. The van der Waals surface area contributed by atoms with Gasteiger partial charge in [-0.25, -0.2) is 22.9 Å². The van der Waals surface area contributed by atoms with Crippen LogP contribution in [0.4, 0.5) is 4.79 Å². The highest BCUT2D eigenvalue weighted by atomic mass is 32.2. The molecule has 0 fully saturated rings. The average molecular weight is 404 g/mol. The van der Waals surface area contributed by atoms with Crippen molar-refractivity contribution in [3.63, 3.8) is 0 Å². The molecule has 0 spiro atoms. The van der Waals surface area contributed by atoms with Crippen LogP contribution in [-0.4, -0.2) is 33.1 Å². The van der Waals surface area contributed by atoms with Gasteiger partial charge in [-0.3, -0.25) is 0 Å². The maximum absolute atomic E-state index is 12.6. The van der Waals surface area contributed by atoms with E-state index in [1.165, 1.54) is 29.8 Å². The van der Waals surface area contributed by atoms with E-state index < -0.39 is 16.1 Å². The molecule has 10 heteroatoms. The molecule has 0 radical (unpaired) electrons. The van der Waals surface area contributed by atoms with Gasteiger partial charge in [-0.15, -0.1) is 22.7 Å². The number of hydrogen-bond donors (Lipinski definition) is 2. The Morgan fingerprint density at radius 1 is 1.32 bits per heavy atom. The Balaban J connectivity index is 2.02. The zero-order valence-electron chi connectivity index (χ0n) is 14.5. The van der Waals surface area contributed by atoms with Crippen molar-refractivity contribution in [3.8, 4) is 0 Å². The van der Waals surface area contributed by atoms with Crippen molar-refractivity contribution in [2.45, 2.75) is 37.4 Å². The number of aryl methyl sites for hydroxylation is 2. The number of methoxy groups -OCH3 is 1. The number of thiazole rings is 1. The molecule has 2 aromatic rings. The summed E-state index contributed by atoms with van der Waals surface area (Å²) in [5.41, 5.74) is 0.846. The second kappa shape index (κ2) is 8.26. The van der Waals surface area contributed by atoms with Crippen LogP contribution in [0, 0.1) is 13.8 Å². The Morgan fingerprint density at radius 2 is 2.04 bits per heavy atom. The highest BCUT2D eigenvalue weighted by molar-refractivity contribution is 7.91. The van der Waals surface area contributed by atoms with Crippen LogP contribution in [0.5, 0.6) is 0 Å². The van der Waals surface area contributed by atoms with Crippen molar-refractivity contribution in [2.24, 2.45) is 0 Å². The zero-order chi connectivity index (χ0) is 18.6. The molecular weight excluding hydrogens is 382 g/mol. The summed E-state index contributed by atoms with van der Waals surface area (Å²) in [6.07, 6.45) is 0.0351. The molecular formula is C15H21N3O4S3. The van der Waals surface area contributed by atoms with E-state index in [0.29, 0.717) is 13.0 Å². The van der Waals surface area contributed by atoms with Crippen LogP contribution in [0.3, 0.4) is 0 Å². The van der Waals surface area contributed by atoms with Gasteiger partial charge < -0.3 is 10.1 Å². The Kier molecular flexibility index (Phi) is 6.55. The summed E-state index contributed by atoms with van der Waals surface area (Å²) < 4.78 is 32.6. The summed E-state index contributed by atoms with van der Waals surface area (Å²) in [7, 11) is -2.31. The highest BCUT2D eigenvalue weighted by Crippen LogP contribution is 2.28. The van der Waals surface area contributed by atoms with Crippen LogP contribution in [0.2, 0.25) is 0 Å². The molecule has 0 aliphatic heterocycles. The third kappa shape index (κ3) is 5.24. The second-order valence-corrected chi connectivity index (χ2v) is 9.76. The lowest BCUT2D eigenvalue weighted by Gasteiger charge is -2.12. The number of sulfonamides is 1. The van der Waals surface area contributed by atoms with Gasteiger partial charge in [0.05, 0.1) is 23.9 Å². The number of nitrogens with zero attached hydrogens (tertiary/aromatic N) is 1. The predicted molar refractivity (Wildman–Crippen MR) is 98.8 cm³/mol. The molecule has 0 saturated heterocycles. The lowest BCUT2D eigenvalue weighted by atomic mass is 10.2. The first-order valence-corrected chi connectivity index (χ1v) is 10.7. The van der Waals surface area contributed by atoms with Crippen molar-refractivity contribution in [1.82, 2.24) is 15.0 Å². The molecule has 1 atom stereocenters. The molecule has 2 heterocycles. The van der Waals surface area contributed by atoms with E-state index in [1.54, 1.807) is 12.1 Å². The molecule has 25 heavy (non-hydrogen) atoms.